The Bertz CT molecular complexity index is 504. The molecule has 0 aromatic rings. The maximum absolute atomic E-state index is 10.3. The lowest BCUT2D eigenvalue weighted by Crippen LogP contribution is -2.20. The fourth-order valence-electron chi connectivity index (χ4n) is 3.19. The highest BCUT2D eigenvalue weighted by Crippen LogP contribution is 2.42. The summed E-state index contributed by atoms with van der Waals surface area (Å²) < 4.78 is 5.01. The lowest BCUT2D eigenvalue weighted by molar-refractivity contribution is 0.233. The summed E-state index contributed by atoms with van der Waals surface area (Å²) in [5.41, 5.74) is 5.50. The van der Waals surface area contributed by atoms with Crippen molar-refractivity contribution in [3.05, 3.63) is 46.6 Å². The second kappa shape index (κ2) is 9.24. The van der Waals surface area contributed by atoms with Gasteiger partial charge in [-0.05, 0) is 57.4 Å². The molecule has 0 saturated heterocycles. The summed E-state index contributed by atoms with van der Waals surface area (Å²) in [5, 5.41) is 10.3. The van der Waals surface area contributed by atoms with Gasteiger partial charge in [0.2, 0.25) is 0 Å². The minimum absolute atomic E-state index is 0.291. The molecule has 2 nitrogen and oxygen atoms in total. The van der Waals surface area contributed by atoms with Crippen LogP contribution in [-0.4, -0.2) is 24.9 Å². The van der Waals surface area contributed by atoms with E-state index < -0.39 is 6.10 Å². The van der Waals surface area contributed by atoms with Gasteiger partial charge in [0.15, 0.2) is 0 Å². The fraction of sp³-hybridized carbons (Fsp3) is 0.619. The van der Waals surface area contributed by atoms with Crippen molar-refractivity contribution in [2.75, 3.05) is 13.7 Å². The predicted octanol–water partition coefficient (Wildman–Crippen LogP) is 5.36. The Labute approximate surface area is 142 Å². The highest BCUT2D eigenvalue weighted by atomic mass is 16.5. The Morgan fingerprint density at radius 3 is 2.61 bits per heavy atom. The first kappa shape index (κ1) is 19.9. The largest absolute Gasteiger partial charge is 0.385 e. The second-order valence-corrected chi connectivity index (χ2v) is 7.36. The topological polar surface area (TPSA) is 29.5 Å². The number of allylic oxidation sites excluding steroid dienone is 5. The molecule has 0 aromatic carbocycles. The molecule has 1 aliphatic rings. The predicted molar refractivity (Wildman–Crippen MR) is 99.5 cm³/mol. The monoisotopic (exact) mass is 318 g/mol. The Balaban J connectivity index is 2.71. The van der Waals surface area contributed by atoms with E-state index in [2.05, 4.69) is 26.8 Å². The first-order chi connectivity index (χ1) is 10.8. The van der Waals surface area contributed by atoms with E-state index >= 15 is 0 Å². The highest BCUT2D eigenvalue weighted by Gasteiger charge is 2.27. The van der Waals surface area contributed by atoms with Crippen LogP contribution in [0.2, 0.25) is 0 Å². The van der Waals surface area contributed by atoms with Gasteiger partial charge in [0, 0.05) is 7.11 Å². The molecule has 1 N–H and O–H groups in total. The molecule has 1 rings (SSSR count). The molecule has 0 saturated carbocycles. The van der Waals surface area contributed by atoms with Crippen LogP contribution in [-0.2, 0) is 4.74 Å². The molecule has 1 atom stereocenters. The van der Waals surface area contributed by atoms with Crippen LogP contribution in [0.4, 0.5) is 0 Å². The molecular weight excluding hydrogens is 284 g/mol. The van der Waals surface area contributed by atoms with Gasteiger partial charge in [-0.25, -0.2) is 0 Å². The quantitative estimate of drug-likeness (QED) is 0.506. The molecule has 0 bridgehead atoms. The maximum atomic E-state index is 10.3. The Kier molecular flexibility index (Phi) is 8.01. The number of aliphatic hydroxyl groups excluding tert-OH is 1. The summed E-state index contributed by atoms with van der Waals surface area (Å²) in [4.78, 5) is 0. The van der Waals surface area contributed by atoms with Gasteiger partial charge in [-0.3, -0.25) is 0 Å². The molecule has 0 radical (unpaired) electrons. The minimum Gasteiger partial charge on any atom is -0.385 e. The lowest BCUT2D eigenvalue weighted by atomic mass is 9.71. The van der Waals surface area contributed by atoms with Crippen LogP contribution >= 0.6 is 0 Å². The zero-order chi connectivity index (χ0) is 17.5. The molecule has 23 heavy (non-hydrogen) atoms. The van der Waals surface area contributed by atoms with E-state index in [1.54, 1.807) is 12.7 Å². The van der Waals surface area contributed by atoms with E-state index in [1.165, 1.54) is 24.8 Å². The van der Waals surface area contributed by atoms with Crippen molar-refractivity contribution in [2.24, 2.45) is 5.41 Å². The molecule has 0 amide bonds. The number of aliphatic hydroxyl groups is 1. The molecule has 0 spiro atoms. The standard InChI is InChI=1S/C21H34O2/c1-16(13-15-23-6)9-12-20(22)18(3)10-11-19-17(2)8-7-14-21(19,4)5/h9-10,12-13,20,22H,7-8,11,14-15H2,1-6H3/b12-9+,16-13+,18-10+. The average molecular weight is 319 g/mol. The highest BCUT2D eigenvalue weighted by molar-refractivity contribution is 5.27. The molecule has 0 aromatic heterocycles. The summed E-state index contributed by atoms with van der Waals surface area (Å²) in [7, 11) is 1.68. The van der Waals surface area contributed by atoms with Crippen LogP contribution in [0.25, 0.3) is 0 Å². The van der Waals surface area contributed by atoms with Crippen molar-refractivity contribution in [3.63, 3.8) is 0 Å². The summed E-state index contributed by atoms with van der Waals surface area (Å²) in [6.45, 7) is 11.6. The summed E-state index contributed by atoms with van der Waals surface area (Å²) in [5.74, 6) is 0. The summed E-state index contributed by atoms with van der Waals surface area (Å²) >= 11 is 0. The number of hydrogen-bond acceptors (Lipinski definition) is 2. The van der Waals surface area contributed by atoms with E-state index in [1.807, 2.05) is 32.1 Å². The van der Waals surface area contributed by atoms with Crippen molar-refractivity contribution in [1.29, 1.82) is 0 Å². The number of ether oxygens (including phenoxy) is 1. The lowest BCUT2D eigenvalue weighted by Gasteiger charge is -2.34. The second-order valence-electron chi connectivity index (χ2n) is 7.36. The van der Waals surface area contributed by atoms with Crippen LogP contribution in [0.3, 0.4) is 0 Å². The zero-order valence-corrected chi connectivity index (χ0v) is 15.8. The third-order valence-corrected chi connectivity index (χ3v) is 4.89. The maximum Gasteiger partial charge on any atom is 0.0932 e. The Hall–Kier alpha value is -1.12. The first-order valence-electron chi connectivity index (χ1n) is 8.65. The smallest absolute Gasteiger partial charge is 0.0932 e. The summed E-state index contributed by atoms with van der Waals surface area (Å²) in [6.07, 6.45) is 12.2. The molecule has 130 valence electrons. The van der Waals surface area contributed by atoms with Crippen LogP contribution < -0.4 is 0 Å². The third-order valence-electron chi connectivity index (χ3n) is 4.89. The number of rotatable bonds is 7. The van der Waals surface area contributed by atoms with Gasteiger partial charge in [0.25, 0.3) is 0 Å². The van der Waals surface area contributed by atoms with Gasteiger partial charge < -0.3 is 9.84 Å². The van der Waals surface area contributed by atoms with Crippen LogP contribution in [0.1, 0.15) is 60.3 Å². The van der Waals surface area contributed by atoms with Gasteiger partial charge in [-0.15, -0.1) is 0 Å². The minimum atomic E-state index is -0.520. The third kappa shape index (κ3) is 6.48. The Morgan fingerprint density at radius 2 is 2.00 bits per heavy atom. The van der Waals surface area contributed by atoms with Crippen molar-refractivity contribution in [3.8, 4) is 0 Å². The van der Waals surface area contributed by atoms with E-state index in [0.29, 0.717) is 12.0 Å². The van der Waals surface area contributed by atoms with E-state index in [-0.39, 0.29) is 0 Å². The molecular formula is C21H34O2. The fourth-order valence-corrected chi connectivity index (χ4v) is 3.19. The van der Waals surface area contributed by atoms with Gasteiger partial charge in [-0.1, -0.05) is 54.9 Å². The van der Waals surface area contributed by atoms with Gasteiger partial charge >= 0.3 is 0 Å². The van der Waals surface area contributed by atoms with Gasteiger partial charge in [-0.2, -0.15) is 0 Å². The molecule has 0 fully saturated rings. The van der Waals surface area contributed by atoms with Crippen molar-refractivity contribution in [2.45, 2.75) is 66.4 Å². The van der Waals surface area contributed by atoms with Crippen molar-refractivity contribution >= 4 is 0 Å². The SMILES string of the molecule is COC/C=C(C)/C=C/C(O)/C(C)=C/CC1=C(C)CCCC1(C)C. The van der Waals surface area contributed by atoms with Gasteiger partial charge in [0.1, 0.15) is 0 Å². The van der Waals surface area contributed by atoms with Crippen LogP contribution in [0.5, 0.6) is 0 Å². The summed E-state index contributed by atoms with van der Waals surface area (Å²) in [6, 6.07) is 0. The number of hydrogen-bond donors (Lipinski definition) is 1. The van der Waals surface area contributed by atoms with Gasteiger partial charge in [0.05, 0.1) is 12.7 Å². The molecule has 2 heteroatoms. The molecule has 0 aliphatic heterocycles. The Morgan fingerprint density at radius 1 is 1.30 bits per heavy atom. The number of methoxy groups -OCH3 is 1. The van der Waals surface area contributed by atoms with E-state index in [9.17, 15) is 5.11 Å². The average Bonchev–Trinajstić information content (AvgIpc) is 2.49. The van der Waals surface area contributed by atoms with E-state index in [4.69, 9.17) is 4.74 Å². The first-order valence-corrected chi connectivity index (χ1v) is 8.65. The van der Waals surface area contributed by atoms with Crippen LogP contribution in [0.15, 0.2) is 46.6 Å². The van der Waals surface area contributed by atoms with Crippen molar-refractivity contribution < 1.29 is 9.84 Å². The van der Waals surface area contributed by atoms with Crippen molar-refractivity contribution in [1.82, 2.24) is 0 Å². The van der Waals surface area contributed by atoms with E-state index in [0.717, 1.165) is 17.6 Å². The van der Waals surface area contributed by atoms with Crippen LogP contribution in [0, 0.1) is 5.41 Å². The molecule has 0 heterocycles. The molecule has 1 unspecified atom stereocenters. The normalized spacial score (nSPS) is 21.2. The molecule has 1 aliphatic carbocycles. The zero-order valence-electron chi connectivity index (χ0n) is 15.8.